The average Bonchev–Trinajstić information content (AvgIpc) is 3.16. The molecule has 0 saturated carbocycles. The number of nitrogens with one attached hydrogen (secondary N) is 3. The molecule has 32 heavy (non-hydrogen) atoms. The summed E-state index contributed by atoms with van der Waals surface area (Å²) in [5.41, 5.74) is 18.2. The van der Waals surface area contributed by atoms with Crippen molar-refractivity contribution in [3.8, 4) is 0 Å². The molecule has 3 unspecified atom stereocenters. The highest BCUT2D eigenvalue weighted by Crippen LogP contribution is 2.19. The maximum atomic E-state index is 12.9. The molecule has 0 aliphatic rings. The third-order valence-corrected chi connectivity index (χ3v) is 5.20. The van der Waals surface area contributed by atoms with E-state index in [2.05, 4.69) is 33.2 Å². The van der Waals surface area contributed by atoms with Crippen LogP contribution in [0.1, 0.15) is 18.4 Å². The average molecular weight is 464 g/mol. The number of aliphatic carboxylic acids is 1. The Kier molecular flexibility index (Phi) is 9.35. The summed E-state index contributed by atoms with van der Waals surface area (Å²) in [6.45, 7) is 0.324. The summed E-state index contributed by atoms with van der Waals surface area (Å²) >= 11 is 3.96. The largest absolute Gasteiger partial charge is 0.480 e. The van der Waals surface area contributed by atoms with Crippen LogP contribution in [0.4, 0.5) is 0 Å². The van der Waals surface area contributed by atoms with Crippen molar-refractivity contribution in [2.75, 3.05) is 12.3 Å². The number of amides is 2. The van der Waals surface area contributed by atoms with Crippen molar-refractivity contribution in [2.45, 2.75) is 37.4 Å². The smallest absolute Gasteiger partial charge is 0.327 e. The first-order chi connectivity index (χ1) is 15.2. The molecule has 2 rings (SSSR count). The number of guanidine groups is 1. The number of benzene rings is 1. The Morgan fingerprint density at radius 2 is 1.81 bits per heavy atom. The first-order valence-electron chi connectivity index (χ1n) is 10.0. The predicted molar refractivity (Wildman–Crippen MR) is 125 cm³/mol. The van der Waals surface area contributed by atoms with E-state index >= 15 is 0 Å². The molecule has 10 N–H and O–H groups in total. The number of fused-ring (bicyclic) bond motifs is 1. The minimum Gasteiger partial charge on any atom is -0.480 e. The number of thiol groups is 1. The van der Waals surface area contributed by atoms with Crippen LogP contribution in [0.25, 0.3) is 10.9 Å². The molecule has 2 aromatic rings. The number of rotatable bonds is 12. The topological polar surface area (TPSA) is 202 Å². The molecule has 0 aliphatic carbocycles. The second-order valence-corrected chi connectivity index (χ2v) is 7.63. The molecule has 11 nitrogen and oxygen atoms in total. The molecule has 2 amide bonds. The Labute approximate surface area is 190 Å². The molecule has 1 aromatic carbocycles. The van der Waals surface area contributed by atoms with E-state index in [0.717, 1.165) is 16.5 Å². The molecule has 0 saturated heterocycles. The number of carboxylic acid groups (broad SMARTS) is 1. The highest BCUT2D eigenvalue weighted by Gasteiger charge is 2.28. The molecular formula is C20H29N7O4S. The number of aromatic amines is 1. The van der Waals surface area contributed by atoms with Crippen LogP contribution >= 0.6 is 12.6 Å². The molecule has 0 fully saturated rings. The van der Waals surface area contributed by atoms with E-state index < -0.39 is 35.9 Å². The predicted octanol–water partition coefficient (Wildman–Crippen LogP) is -0.925. The standard InChI is InChI=1S/C20H29N7O4S/c21-13(5-3-7-24-20(22)23)17(28)26-15(18(29)27-16(10-32)19(30)31)8-11-9-25-14-6-2-1-4-12(11)14/h1-2,4,6,9,13,15-16,25,32H,3,5,7-8,10,21H2,(H,26,28)(H,27,29)(H,30,31)(H4,22,23,24). The lowest BCUT2D eigenvalue weighted by atomic mass is 10.0. The Balaban J connectivity index is 2.14. The second-order valence-electron chi connectivity index (χ2n) is 7.26. The van der Waals surface area contributed by atoms with Crippen LogP contribution in [-0.2, 0) is 20.8 Å². The van der Waals surface area contributed by atoms with Crippen molar-refractivity contribution in [1.82, 2.24) is 15.6 Å². The van der Waals surface area contributed by atoms with E-state index in [-0.39, 0.29) is 18.1 Å². The van der Waals surface area contributed by atoms with Gasteiger partial charge in [-0.2, -0.15) is 12.6 Å². The van der Waals surface area contributed by atoms with Crippen LogP contribution in [0, 0.1) is 0 Å². The molecule has 12 heteroatoms. The first kappa shape index (κ1) is 25.0. The summed E-state index contributed by atoms with van der Waals surface area (Å²) in [5.74, 6) is -2.54. The van der Waals surface area contributed by atoms with E-state index in [1.165, 1.54) is 0 Å². The Hall–Kier alpha value is -3.25. The number of nitrogens with two attached hydrogens (primary N) is 3. The molecule has 0 aliphatic heterocycles. The van der Waals surface area contributed by atoms with Crippen molar-refractivity contribution in [3.05, 3.63) is 36.0 Å². The third-order valence-electron chi connectivity index (χ3n) is 4.83. The van der Waals surface area contributed by atoms with Gasteiger partial charge in [-0.15, -0.1) is 0 Å². The number of aromatic nitrogens is 1. The quantitative estimate of drug-likeness (QED) is 0.0859. The van der Waals surface area contributed by atoms with Gasteiger partial charge in [0.15, 0.2) is 5.96 Å². The van der Waals surface area contributed by atoms with Gasteiger partial charge in [0.25, 0.3) is 0 Å². The number of nitrogens with zero attached hydrogens (tertiary/aromatic N) is 1. The second kappa shape index (κ2) is 12.0. The summed E-state index contributed by atoms with van der Waals surface area (Å²) in [7, 11) is 0. The zero-order valence-corrected chi connectivity index (χ0v) is 18.3. The maximum Gasteiger partial charge on any atom is 0.327 e. The SMILES string of the molecule is NC(N)=NCCCC(N)C(=O)NC(Cc1c[nH]c2ccccc12)C(=O)NC(CS)C(=O)O. The number of hydrogen-bond donors (Lipinski definition) is 8. The number of H-pyrrole nitrogens is 1. The van der Waals surface area contributed by atoms with Gasteiger partial charge in [-0.25, -0.2) is 4.79 Å². The highest BCUT2D eigenvalue weighted by atomic mass is 32.1. The van der Waals surface area contributed by atoms with Gasteiger partial charge in [0.2, 0.25) is 11.8 Å². The van der Waals surface area contributed by atoms with Crippen molar-refractivity contribution in [3.63, 3.8) is 0 Å². The van der Waals surface area contributed by atoms with E-state index in [1.54, 1.807) is 6.20 Å². The number of carbonyl (C=O) groups is 3. The number of carbonyl (C=O) groups excluding carboxylic acids is 2. The maximum absolute atomic E-state index is 12.9. The fourth-order valence-corrected chi connectivity index (χ4v) is 3.36. The van der Waals surface area contributed by atoms with Crippen LogP contribution < -0.4 is 27.8 Å². The van der Waals surface area contributed by atoms with Gasteiger partial charge in [0.1, 0.15) is 12.1 Å². The zero-order valence-electron chi connectivity index (χ0n) is 17.5. The monoisotopic (exact) mass is 463 g/mol. The van der Waals surface area contributed by atoms with Crippen LogP contribution in [0.2, 0.25) is 0 Å². The van der Waals surface area contributed by atoms with E-state index in [9.17, 15) is 19.5 Å². The van der Waals surface area contributed by atoms with Gasteiger partial charge in [0, 0.05) is 35.8 Å². The first-order valence-corrected chi connectivity index (χ1v) is 10.7. The van der Waals surface area contributed by atoms with Gasteiger partial charge in [0.05, 0.1) is 6.04 Å². The summed E-state index contributed by atoms with van der Waals surface area (Å²) in [6, 6.07) is 4.40. The number of carboxylic acids is 1. The summed E-state index contributed by atoms with van der Waals surface area (Å²) < 4.78 is 0. The van der Waals surface area contributed by atoms with Gasteiger partial charge in [-0.05, 0) is 24.5 Å². The molecular weight excluding hydrogens is 434 g/mol. The van der Waals surface area contributed by atoms with Crippen LogP contribution in [0.5, 0.6) is 0 Å². The van der Waals surface area contributed by atoms with Crippen molar-refractivity contribution >= 4 is 47.3 Å². The molecule has 0 bridgehead atoms. The fourth-order valence-electron chi connectivity index (χ4n) is 3.12. The van der Waals surface area contributed by atoms with Crippen molar-refractivity contribution in [2.24, 2.45) is 22.2 Å². The minimum atomic E-state index is -1.22. The molecule has 174 valence electrons. The zero-order chi connectivity index (χ0) is 23.7. The van der Waals surface area contributed by atoms with Crippen molar-refractivity contribution in [1.29, 1.82) is 0 Å². The van der Waals surface area contributed by atoms with Crippen LogP contribution in [0.3, 0.4) is 0 Å². The molecule has 1 aromatic heterocycles. The van der Waals surface area contributed by atoms with Crippen molar-refractivity contribution < 1.29 is 19.5 Å². The minimum absolute atomic E-state index is 0.0457. The van der Waals surface area contributed by atoms with Crippen LogP contribution in [0.15, 0.2) is 35.5 Å². The van der Waals surface area contributed by atoms with Gasteiger partial charge in [-0.1, -0.05) is 18.2 Å². The molecule has 0 radical (unpaired) electrons. The van der Waals surface area contributed by atoms with E-state index in [4.69, 9.17) is 17.2 Å². The summed E-state index contributed by atoms with van der Waals surface area (Å²) in [5, 5.41) is 15.2. The Morgan fingerprint density at radius 3 is 2.47 bits per heavy atom. The summed E-state index contributed by atoms with van der Waals surface area (Å²) in [6.07, 6.45) is 2.67. The Bertz CT molecular complexity index is 974. The normalized spacial score (nSPS) is 13.7. The number of para-hydroxylation sites is 1. The molecule has 1 heterocycles. The van der Waals surface area contributed by atoms with Gasteiger partial charge >= 0.3 is 5.97 Å². The van der Waals surface area contributed by atoms with E-state index in [0.29, 0.717) is 19.4 Å². The lowest BCUT2D eigenvalue weighted by Gasteiger charge is -2.22. The lowest BCUT2D eigenvalue weighted by molar-refractivity contribution is -0.141. The highest BCUT2D eigenvalue weighted by molar-refractivity contribution is 7.80. The van der Waals surface area contributed by atoms with Gasteiger partial charge < -0.3 is 37.9 Å². The van der Waals surface area contributed by atoms with Gasteiger partial charge in [-0.3, -0.25) is 14.6 Å². The number of aliphatic imine (C=N–C) groups is 1. The van der Waals surface area contributed by atoms with E-state index in [1.807, 2.05) is 24.3 Å². The molecule has 3 atom stereocenters. The summed E-state index contributed by atoms with van der Waals surface area (Å²) in [4.78, 5) is 43.7. The molecule has 0 spiro atoms. The lowest BCUT2D eigenvalue weighted by Crippen LogP contribution is -2.55. The number of hydrogen-bond acceptors (Lipinski definition) is 6. The third kappa shape index (κ3) is 7.17. The van der Waals surface area contributed by atoms with Crippen LogP contribution in [-0.4, -0.2) is 64.3 Å². The fraction of sp³-hybridized carbons (Fsp3) is 0.400. The Morgan fingerprint density at radius 1 is 1.12 bits per heavy atom.